The standard InChI is InChI=1S/C22H27N5/c1-17(20-5-3-10-23-13-20)6-8-19(21-14-24-16-25-15-21)9-7-18(2)22-26-11-4-12-27-22/h3-5,10-19H,6-9H2,1-2H3. The van der Waals surface area contributed by atoms with Crippen LogP contribution in [-0.2, 0) is 0 Å². The first-order valence-electron chi connectivity index (χ1n) is 9.65. The molecule has 3 heterocycles. The van der Waals surface area contributed by atoms with Crippen LogP contribution < -0.4 is 0 Å². The molecular formula is C22H27N5. The quantitative estimate of drug-likeness (QED) is 0.541. The molecule has 0 radical (unpaired) electrons. The Morgan fingerprint density at radius 1 is 0.704 bits per heavy atom. The van der Waals surface area contributed by atoms with Crippen molar-refractivity contribution in [2.45, 2.75) is 57.3 Å². The number of pyridine rings is 1. The molecule has 0 saturated heterocycles. The Labute approximate surface area is 161 Å². The highest BCUT2D eigenvalue weighted by molar-refractivity contribution is 5.15. The minimum absolute atomic E-state index is 0.342. The maximum absolute atomic E-state index is 4.40. The second-order valence-electron chi connectivity index (χ2n) is 7.22. The van der Waals surface area contributed by atoms with E-state index in [1.54, 1.807) is 6.33 Å². The van der Waals surface area contributed by atoms with E-state index in [-0.39, 0.29) is 0 Å². The summed E-state index contributed by atoms with van der Waals surface area (Å²) in [5, 5.41) is 0. The number of aromatic nitrogens is 5. The molecule has 3 unspecified atom stereocenters. The molecule has 0 N–H and O–H groups in total. The van der Waals surface area contributed by atoms with E-state index in [1.807, 2.05) is 49.3 Å². The van der Waals surface area contributed by atoms with E-state index in [9.17, 15) is 0 Å². The SMILES string of the molecule is CC(CCC(CCC(C)c1ncccn1)c1cncnc1)c1cccnc1. The van der Waals surface area contributed by atoms with Crippen molar-refractivity contribution >= 4 is 0 Å². The van der Waals surface area contributed by atoms with E-state index in [0.29, 0.717) is 17.8 Å². The lowest BCUT2D eigenvalue weighted by atomic mass is 9.85. The maximum atomic E-state index is 4.40. The van der Waals surface area contributed by atoms with Gasteiger partial charge in [-0.2, -0.15) is 0 Å². The molecule has 27 heavy (non-hydrogen) atoms. The van der Waals surface area contributed by atoms with Crippen LogP contribution in [0.3, 0.4) is 0 Å². The predicted octanol–water partition coefficient (Wildman–Crippen LogP) is 4.91. The van der Waals surface area contributed by atoms with Crippen molar-refractivity contribution in [3.8, 4) is 0 Å². The van der Waals surface area contributed by atoms with Gasteiger partial charge in [-0.3, -0.25) is 4.98 Å². The summed E-state index contributed by atoms with van der Waals surface area (Å²) < 4.78 is 0. The summed E-state index contributed by atoms with van der Waals surface area (Å²) in [4.78, 5) is 21.5. The summed E-state index contributed by atoms with van der Waals surface area (Å²) in [7, 11) is 0. The summed E-state index contributed by atoms with van der Waals surface area (Å²) in [6.07, 6.45) is 17.3. The Morgan fingerprint density at radius 2 is 1.37 bits per heavy atom. The fourth-order valence-corrected chi connectivity index (χ4v) is 3.43. The van der Waals surface area contributed by atoms with Crippen molar-refractivity contribution in [1.29, 1.82) is 0 Å². The first-order valence-corrected chi connectivity index (χ1v) is 9.65. The van der Waals surface area contributed by atoms with E-state index in [2.05, 4.69) is 44.8 Å². The van der Waals surface area contributed by atoms with Crippen LogP contribution in [0, 0.1) is 0 Å². The molecule has 0 fully saturated rings. The van der Waals surface area contributed by atoms with Crippen LogP contribution in [0.25, 0.3) is 0 Å². The molecule has 3 aromatic heterocycles. The second kappa shape index (κ2) is 9.86. The topological polar surface area (TPSA) is 64.5 Å². The number of hydrogen-bond acceptors (Lipinski definition) is 5. The summed E-state index contributed by atoms with van der Waals surface area (Å²) in [6, 6.07) is 6.03. The van der Waals surface area contributed by atoms with Crippen LogP contribution >= 0.6 is 0 Å². The molecule has 5 heteroatoms. The summed E-state index contributed by atoms with van der Waals surface area (Å²) >= 11 is 0. The first-order chi connectivity index (χ1) is 13.2. The molecule has 140 valence electrons. The lowest BCUT2D eigenvalue weighted by Crippen LogP contribution is -2.07. The van der Waals surface area contributed by atoms with Gasteiger partial charge in [0.05, 0.1) is 0 Å². The van der Waals surface area contributed by atoms with E-state index in [1.165, 1.54) is 11.1 Å². The Kier molecular flexibility index (Phi) is 6.97. The highest BCUT2D eigenvalue weighted by Crippen LogP contribution is 2.32. The number of hydrogen-bond donors (Lipinski definition) is 0. The van der Waals surface area contributed by atoms with Crippen LogP contribution in [0.15, 0.2) is 61.7 Å². The molecule has 0 amide bonds. The van der Waals surface area contributed by atoms with Crippen molar-refractivity contribution in [2.75, 3.05) is 0 Å². The Hall–Kier alpha value is -2.69. The number of rotatable bonds is 9. The lowest BCUT2D eigenvalue weighted by Gasteiger charge is -2.21. The zero-order valence-electron chi connectivity index (χ0n) is 16.1. The van der Waals surface area contributed by atoms with Gasteiger partial charge < -0.3 is 0 Å². The molecule has 3 aromatic rings. The van der Waals surface area contributed by atoms with Gasteiger partial charge in [0.25, 0.3) is 0 Å². The zero-order valence-corrected chi connectivity index (χ0v) is 16.1. The van der Waals surface area contributed by atoms with Gasteiger partial charge in [-0.05, 0) is 60.8 Å². The molecule has 3 atom stereocenters. The molecule has 5 nitrogen and oxygen atoms in total. The van der Waals surface area contributed by atoms with E-state index < -0.39 is 0 Å². The van der Waals surface area contributed by atoms with Crippen molar-refractivity contribution in [3.05, 3.63) is 78.7 Å². The highest BCUT2D eigenvalue weighted by atomic mass is 14.9. The van der Waals surface area contributed by atoms with Gasteiger partial charge in [-0.25, -0.2) is 19.9 Å². The van der Waals surface area contributed by atoms with E-state index in [0.717, 1.165) is 31.5 Å². The molecule has 0 aliphatic heterocycles. The Balaban J connectivity index is 1.63. The van der Waals surface area contributed by atoms with Crippen molar-refractivity contribution in [2.24, 2.45) is 0 Å². The average molecular weight is 361 g/mol. The van der Waals surface area contributed by atoms with Crippen LogP contribution in [-0.4, -0.2) is 24.9 Å². The lowest BCUT2D eigenvalue weighted by molar-refractivity contribution is 0.477. The average Bonchev–Trinajstić information content (AvgIpc) is 2.75. The zero-order chi connectivity index (χ0) is 18.9. The predicted molar refractivity (Wildman–Crippen MR) is 106 cm³/mol. The molecule has 0 aliphatic carbocycles. The summed E-state index contributed by atoms with van der Waals surface area (Å²) in [5.74, 6) is 2.19. The largest absolute Gasteiger partial charge is 0.264 e. The molecule has 3 rings (SSSR count). The van der Waals surface area contributed by atoms with Gasteiger partial charge in [0.15, 0.2) is 0 Å². The third-order valence-corrected chi connectivity index (χ3v) is 5.23. The highest BCUT2D eigenvalue weighted by Gasteiger charge is 2.18. The monoisotopic (exact) mass is 361 g/mol. The molecule has 0 bridgehead atoms. The number of nitrogens with zero attached hydrogens (tertiary/aromatic N) is 5. The van der Waals surface area contributed by atoms with Gasteiger partial charge in [-0.15, -0.1) is 0 Å². The fourth-order valence-electron chi connectivity index (χ4n) is 3.43. The normalized spacial score (nSPS) is 14.4. The Morgan fingerprint density at radius 3 is 2.04 bits per heavy atom. The van der Waals surface area contributed by atoms with Gasteiger partial charge >= 0.3 is 0 Å². The smallest absolute Gasteiger partial charge is 0.130 e. The third kappa shape index (κ3) is 5.64. The van der Waals surface area contributed by atoms with Crippen molar-refractivity contribution in [1.82, 2.24) is 24.9 Å². The van der Waals surface area contributed by atoms with Crippen LogP contribution in [0.1, 0.15) is 74.2 Å². The van der Waals surface area contributed by atoms with Crippen molar-refractivity contribution in [3.63, 3.8) is 0 Å². The minimum Gasteiger partial charge on any atom is -0.264 e. The van der Waals surface area contributed by atoms with Gasteiger partial charge in [0.2, 0.25) is 0 Å². The van der Waals surface area contributed by atoms with Gasteiger partial charge in [0, 0.05) is 43.1 Å². The second-order valence-corrected chi connectivity index (χ2v) is 7.22. The molecule has 0 aliphatic rings. The van der Waals surface area contributed by atoms with Gasteiger partial charge in [0.1, 0.15) is 12.2 Å². The summed E-state index contributed by atoms with van der Waals surface area (Å²) in [5.41, 5.74) is 2.52. The fraction of sp³-hybridized carbons (Fsp3) is 0.409. The summed E-state index contributed by atoms with van der Waals surface area (Å²) in [6.45, 7) is 4.47. The molecular weight excluding hydrogens is 334 g/mol. The molecule has 0 spiro atoms. The minimum atomic E-state index is 0.342. The van der Waals surface area contributed by atoms with Gasteiger partial charge in [-0.1, -0.05) is 19.9 Å². The maximum Gasteiger partial charge on any atom is 0.130 e. The first kappa shape index (κ1) is 19.1. The Bertz CT molecular complexity index is 730. The van der Waals surface area contributed by atoms with E-state index >= 15 is 0 Å². The van der Waals surface area contributed by atoms with E-state index in [4.69, 9.17) is 0 Å². The third-order valence-electron chi connectivity index (χ3n) is 5.23. The van der Waals surface area contributed by atoms with Crippen LogP contribution in [0.4, 0.5) is 0 Å². The molecule has 0 aromatic carbocycles. The van der Waals surface area contributed by atoms with Crippen LogP contribution in [0.5, 0.6) is 0 Å². The van der Waals surface area contributed by atoms with Crippen molar-refractivity contribution < 1.29 is 0 Å². The molecule has 0 saturated carbocycles. The van der Waals surface area contributed by atoms with Crippen LogP contribution in [0.2, 0.25) is 0 Å².